The van der Waals surface area contributed by atoms with E-state index in [4.69, 9.17) is 24.2 Å². The van der Waals surface area contributed by atoms with Gasteiger partial charge in [-0.3, -0.25) is 19.7 Å². The number of nitrogens with zero attached hydrogens (tertiary/aromatic N) is 1. The topological polar surface area (TPSA) is 107 Å². The molecule has 1 fully saturated rings. The van der Waals surface area contributed by atoms with Crippen molar-refractivity contribution in [2.75, 3.05) is 33.3 Å². The lowest BCUT2D eigenvalue weighted by Crippen LogP contribution is -2.48. The van der Waals surface area contributed by atoms with Crippen LogP contribution in [0.1, 0.15) is 23.6 Å². The van der Waals surface area contributed by atoms with E-state index >= 15 is 0 Å². The normalized spacial score (nSPS) is 15.3. The van der Waals surface area contributed by atoms with Crippen LogP contribution in [0.4, 0.5) is 5.69 Å². The summed E-state index contributed by atoms with van der Waals surface area (Å²) >= 11 is 0. The Morgan fingerprint density at radius 1 is 1.06 bits per heavy atom. The molecule has 2 aromatic carbocycles. The van der Waals surface area contributed by atoms with Crippen molar-refractivity contribution in [2.24, 2.45) is 0 Å². The second-order valence-corrected chi connectivity index (χ2v) is 7.13. The molecule has 1 saturated heterocycles. The van der Waals surface area contributed by atoms with E-state index in [1.165, 1.54) is 21.3 Å². The number of methoxy groups -OCH3 is 4. The third kappa shape index (κ3) is 4.49. The van der Waals surface area contributed by atoms with Crippen molar-refractivity contribution >= 4 is 23.6 Å². The highest BCUT2D eigenvalue weighted by Gasteiger charge is 2.43. The van der Waals surface area contributed by atoms with Gasteiger partial charge in [0.1, 0.15) is 5.75 Å². The van der Waals surface area contributed by atoms with Gasteiger partial charge in [-0.15, -0.1) is 0 Å². The van der Waals surface area contributed by atoms with Crippen molar-refractivity contribution < 1.29 is 33.7 Å². The molecule has 0 spiro atoms. The molecule has 33 heavy (non-hydrogen) atoms. The summed E-state index contributed by atoms with van der Waals surface area (Å²) in [6.07, 6.45) is 3.31. The summed E-state index contributed by atoms with van der Waals surface area (Å²) in [6.45, 7) is 3.95. The third-order valence-corrected chi connectivity index (χ3v) is 5.30. The molecule has 2 N–H and O–H groups in total. The molecule has 9 nitrogen and oxygen atoms in total. The maximum Gasteiger partial charge on any atom is 0.256 e. The highest BCUT2D eigenvalue weighted by molar-refractivity contribution is 6.15. The van der Waals surface area contributed by atoms with E-state index in [0.29, 0.717) is 39.8 Å². The molecule has 1 aliphatic heterocycles. The highest BCUT2D eigenvalue weighted by Crippen LogP contribution is 2.48. The molecule has 1 atom stereocenters. The fourth-order valence-electron chi connectivity index (χ4n) is 3.69. The summed E-state index contributed by atoms with van der Waals surface area (Å²) in [5.41, 5.74) is 4.10. The molecule has 1 heterocycles. The van der Waals surface area contributed by atoms with Gasteiger partial charge in [-0.25, -0.2) is 5.48 Å². The Kier molecular flexibility index (Phi) is 7.24. The first-order valence-electron chi connectivity index (χ1n) is 9.99. The van der Waals surface area contributed by atoms with E-state index in [-0.39, 0.29) is 12.3 Å². The van der Waals surface area contributed by atoms with Crippen LogP contribution in [0.15, 0.2) is 48.6 Å². The first-order valence-corrected chi connectivity index (χ1v) is 9.99. The average Bonchev–Trinajstić information content (AvgIpc) is 2.85. The van der Waals surface area contributed by atoms with Gasteiger partial charge in [-0.05, 0) is 17.7 Å². The highest BCUT2D eigenvalue weighted by atomic mass is 16.5. The summed E-state index contributed by atoms with van der Waals surface area (Å²) in [4.78, 5) is 25.7. The van der Waals surface area contributed by atoms with Gasteiger partial charge in [-0.1, -0.05) is 24.8 Å². The van der Waals surface area contributed by atoms with Crippen LogP contribution in [0.3, 0.4) is 0 Å². The van der Waals surface area contributed by atoms with Gasteiger partial charge in [0.25, 0.3) is 5.91 Å². The molecule has 0 unspecified atom stereocenters. The predicted molar refractivity (Wildman–Crippen MR) is 122 cm³/mol. The van der Waals surface area contributed by atoms with Crippen molar-refractivity contribution in [1.29, 1.82) is 0 Å². The minimum absolute atomic E-state index is 0.00390. The summed E-state index contributed by atoms with van der Waals surface area (Å²) in [6, 6.07) is 8.49. The van der Waals surface area contributed by atoms with Gasteiger partial charge in [0, 0.05) is 29.7 Å². The van der Waals surface area contributed by atoms with Gasteiger partial charge in [0.05, 0.1) is 40.2 Å². The number of β-lactam (4-membered cyclic amide) rings is 1. The average molecular weight is 454 g/mol. The number of hydroxylamine groups is 1. The fraction of sp³-hybridized carbons (Fsp3) is 0.250. The lowest BCUT2D eigenvalue weighted by Gasteiger charge is -2.43. The van der Waals surface area contributed by atoms with Crippen molar-refractivity contribution in [3.8, 4) is 23.0 Å². The van der Waals surface area contributed by atoms with Gasteiger partial charge in [-0.2, -0.15) is 0 Å². The Hall–Kier alpha value is -3.98. The van der Waals surface area contributed by atoms with Gasteiger partial charge < -0.3 is 18.9 Å². The van der Waals surface area contributed by atoms with Crippen molar-refractivity contribution in [2.45, 2.75) is 12.5 Å². The molecule has 0 aliphatic carbocycles. The van der Waals surface area contributed by atoms with E-state index in [2.05, 4.69) is 6.58 Å². The summed E-state index contributed by atoms with van der Waals surface area (Å²) in [7, 11) is 6.07. The minimum atomic E-state index is -0.534. The lowest BCUT2D eigenvalue weighted by molar-refractivity contribution is -0.128. The molecule has 9 heteroatoms. The first-order chi connectivity index (χ1) is 15.9. The molecule has 1 aliphatic rings. The Morgan fingerprint density at radius 2 is 1.70 bits per heavy atom. The quantitative estimate of drug-likeness (QED) is 0.259. The zero-order valence-corrected chi connectivity index (χ0v) is 18.9. The number of nitrogens with one attached hydrogen (secondary N) is 1. The zero-order valence-electron chi connectivity index (χ0n) is 18.9. The molecular formula is C24H26N2O7. The molecule has 2 aromatic rings. The van der Waals surface area contributed by atoms with Crippen LogP contribution in [0.5, 0.6) is 23.0 Å². The van der Waals surface area contributed by atoms with Gasteiger partial charge in [0.2, 0.25) is 11.7 Å². The van der Waals surface area contributed by atoms with Crippen molar-refractivity contribution in [3.63, 3.8) is 0 Å². The van der Waals surface area contributed by atoms with Crippen LogP contribution in [-0.4, -0.2) is 45.5 Å². The van der Waals surface area contributed by atoms with Crippen LogP contribution in [0, 0.1) is 0 Å². The van der Waals surface area contributed by atoms with Gasteiger partial charge >= 0.3 is 0 Å². The number of anilines is 1. The number of hydrogen-bond acceptors (Lipinski definition) is 7. The number of hydrogen-bond donors (Lipinski definition) is 2. The predicted octanol–water partition coefficient (Wildman–Crippen LogP) is 3.27. The number of amides is 2. The second-order valence-electron chi connectivity index (χ2n) is 7.13. The van der Waals surface area contributed by atoms with Crippen LogP contribution in [0.25, 0.3) is 6.08 Å². The Morgan fingerprint density at radius 3 is 2.24 bits per heavy atom. The van der Waals surface area contributed by atoms with Gasteiger partial charge in [0.15, 0.2) is 11.5 Å². The largest absolute Gasteiger partial charge is 0.496 e. The van der Waals surface area contributed by atoms with E-state index < -0.39 is 11.9 Å². The number of benzene rings is 2. The fourth-order valence-corrected chi connectivity index (χ4v) is 3.69. The Balaban J connectivity index is 2.01. The molecule has 2 amide bonds. The van der Waals surface area contributed by atoms with Crippen molar-refractivity contribution in [3.05, 3.63) is 59.7 Å². The first kappa shape index (κ1) is 23.7. The Labute approximate surface area is 191 Å². The van der Waals surface area contributed by atoms with E-state index in [1.807, 2.05) is 12.1 Å². The standard InChI is InChI=1S/C24H26N2O7/c1-14-22(16-9-10-18(30-2)15(11-16)7-6-8-21(27)25-29)26(24(14)28)17-12-19(31-3)23(33-5)20(13-17)32-4/h6-7,9-13,22,29H,1,8H2,2-5H3,(H,25,27)/b7-6+/t22-/m1/s1. The second kappa shape index (κ2) is 10.1. The number of carbonyl (C=O) groups is 2. The SMILES string of the molecule is C=C1C(=O)N(c2cc(OC)c(OC)c(OC)c2)[C@H]1c1ccc(OC)c(/C=C/CC(=O)NO)c1. The molecule has 174 valence electrons. The summed E-state index contributed by atoms with van der Waals surface area (Å²) < 4.78 is 21.6. The van der Waals surface area contributed by atoms with Crippen LogP contribution < -0.4 is 29.3 Å². The van der Waals surface area contributed by atoms with Crippen LogP contribution in [-0.2, 0) is 9.59 Å². The maximum atomic E-state index is 12.8. The van der Waals surface area contributed by atoms with E-state index in [9.17, 15) is 9.59 Å². The Bertz CT molecular complexity index is 1080. The summed E-state index contributed by atoms with van der Waals surface area (Å²) in [5.74, 6) is 1.12. The van der Waals surface area contributed by atoms with Crippen LogP contribution >= 0.6 is 0 Å². The molecular weight excluding hydrogens is 428 g/mol. The maximum absolute atomic E-state index is 12.8. The molecule has 0 bridgehead atoms. The molecule has 0 saturated carbocycles. The monoisotopic (exact) mass is 454 g/mol. The molecule has 3 rings (SSSR count). The third-order valence-electron chi connectivity index (χ3n) is 5.30. The van der Waals surface area contributed by atoms with E-state index in [0.717, 1.165) is 5.56 Å². The smallest absolute Gasteiger partial charge is 0.256 e. The van der Waals surface area contributed by atoms with Crippen molar-refractivity contribution in [1.82, 2.24) is 5.48 Å². The summed E-state index contributed by atoms with van der Waals surface area (Å²) in [5, 5.41) is 8.66. The van der Waals surface area contributed by atoms with E-state index in [1.54, 1.807) is 47.8 Å². The minimum Gasteiger partial charge on any atom is -0.496 e. The number of carbonyl (C=O) groups excluding carboxylic acids is 2. The molecule has 0 aromatic heterocycles. The molecule has 0 radical (unpaired) electrons. The van der Waals surface area contributed by atoms with Crippen LogP contribution in [0.2, 0.25) is 0 Å². The zero-order chi connectivity index (χ0) is 24.1. The number of rotatable bonds is 9. The number of ether oxygens (including phenoxy) is 4. The lowest BCUT2D eigenvalue weighted by atomic mass is 9.87.